The number of nitrogens with one attached hydrogen (secondary N) is 2. The summed E-state index contributed by atoms with van der Waals surface area (Å²) >= 11 is 1.52. The summed E-state index contributed by atoms with van der Waals surface area (Å²) in [5, 5.41) is 3.08. The molecule has 116 valence electrons. The lowest BCUT2D eigenvalue weighted by Gasteiger charge is -2.08. The van der Waals surface area contributed by atoms with E-state index in [-0.39, 0.29) is 12.4 Å². The summed E-state index contributed by atoms with van der Waals surface area (Å²) in [6.07, 6.45) is 1.92. The number of methoxy groups -OCH3 is 1. The Hall–Kier alpha value is -0.310. The molecule has 0 amide bonds. The molecule has 0 atom stereocenters. The Morgan fingerprint density at radius 1 is 1.25 bits per heavy atom. The third-order valence-corrected chi connectivity index (χ3v) is 4.61. The van der Waals surface area contributed by atoms with Crippen LogP contribution in [0.4, 0.5) is 0 Å². The van der Waals surface area contributed by atoms with E-state index in [4.69, 9.17) is 4.74 Å². The summed E-state index contributed by atoms with van der Waals surface area (Å²) in [5.74, 6) is 0. The molecule has 0 heterocycles. The molecule has 0 spiro atoms. The Labute approximate surface area is 131 Å². The van der Waals surface area contributed by atoms with Crippen molar-refractivity contribution in [2.75, 3.05) is 39.6 Å². The molecule has 0 bridgehead atoms. The first-order chi connectivity index (χ1) is 9.10. The zero-order chi connectivity index (χ0) is 14.1. The Morgan fingerprint density at radius 2 is 2.00 bits per heavy atom. The van der Waals surface area contributed by atoms with Crippen LogP contribution in [0.25, 0.3) is 0 Å². The third-order valence-electron chi connectivity index (χ3n) is 2.43. The maximum Gasteiger partial charge on any atom is 0.240 e. The number of hydrogen-bond donors (Lipinski definition) is 2. The SMILES string of the molecule is COCCNCCNS(=O)(=O)c1cccc(SC)c1.Cl. The second-order valence-electron chi connectivity index (χ2n) is 3.82. The summed E-state index contributed by atoms with van der Waals surface area (Å²) < 4.78 is 31.5. The van der Waals surface area contributed by atoms with Crippen molar-refractivity contribution in [2.45, 2.75) is 9.79 Å². The average Bonchev–Trinajstić information content (AvgIpc) is 2.43. The summed E-state index contributed by atoms with van der Waals surface area (Å²) in [5.41, 5.74) is 0. The van der Waals surface area contributed by atoms with Crippen molar-refractivity contribution in [3.8, 4) is 0 Å². The van der Waals surface area contributed by atoms with Gasteiger partial charge < -0.3 is 10.1 Å². The lowest BCUT2D eigenvalue weighted by Crippen LogP contribution is -2.33. The molecule has 1 rings (SSSR count). The van der Waals surface area contributed by atoms with Gasteiger partial charge in [0.25, 0.3) is 0 Å². The van der Waals surface area contributed by atoms with Crippen LogP contribution in [0.3, 0.4) is 0 Å². The predicted octanol–water partition coefficient (Wildman–Crippen LogP) is 1.34. The summed E-state index contributed by atoms with van der Waals surface area (Å²) in [7, 11) is -1.79. The molecular weight excluding hydrogens is 320 g/mol. The van der Waals surface area contributed by atoms with Gasteiger partial charge in [-0.2, -0.15) is 0 Å². The van der Waals surface area contributed by atoms with Crippen molar-refractivity contribution >= 4 is 34.2 Å². The second kappa shape index (κ2) is 10.4. The number of sulfonamides is 1. The molecule has 0 unspecified atom stereocenters. The van der Waals surface area contributed by atoms with Gasteiger partial charge in [-0.25, -0.2) is 13.1 Å². The van der Waals surface area contributed by atoms with E-state index in [0.717, 1.165) is 4.90 Å². The van der Waals surface area contributed by atoms with Crippen LogP contribution in [-0.4, -0.2) is 48.0 Å². The Morgan fingerprint density at radius 3 is 2.65 bits per heavy atom. The number of halogens is 1. The molecule has 2 N–H and O–H groups in total. The Kier molecular flexibility index (Phi) is 10.3. The van der Waals surface area contributed by atoms with E-state index in [1.807, 2.05) is 12.3 Å². The van der Waals surface area contributed by atoms with Crippen molar-refractivity contribution in [3.63, 3.8) is 0 Å². The minimum atomic E-state index is -3.42. The molecule has 1 aromatic rings. The number of benzene rings is 1. The van der Waals surface area contributed by atoms with Crippen molar-refractivity contribution < 1.29 is 13.2 Å². The standard InChI is InChI=1S/C12H20N2O3S2.ClH/c1-17-9-8-13-6-7-14-19(15,16)12-5-3-4-11(10-12)18-2;/h3-5,10,13-14H,6-9H2,1-2H3;1H. The van der Waals surface area contributed by atoms with Gasteiger partial charge in [-0.3, -0.25) is 0 Å². The van der Waals surface area contributed by atoms with E-state index >= 15 is 0 Å². The molecule has 0 aliphatic rings. The topological polar surface area (TPSA) is 67.4 Å². The molecule has 8 heteroatoms. The maximum atomic E-state index is 12.0. The first-order valence-corrected chi connectivity index (χ1v) is 8.64. The van der Waals surface area contributed by atoms with Crippen molar-refractivity contribution in [1.82, 2.24) is 10.0 Å². The van der Waals surface area contributed by atoms with Crippen LogP contribution in [-0.2, 0) is 14.8 Å². The predicted molar refractivity (Wildman–Crippen MR) is 85.4 cm³/mol. The van der Waals surface area contributed by atoms with E-state index in [1.54, 1.807) is 25.3 Å². The van der Waals surface area contributed by atoms with Crippen LogP contribution >= 0.6 is 24.2 Å². The van der Waals surface area contributed by atoms with Gasteiger partial charge in [0.2, 0.25) is 10.0 Å². The average molecular weight is 341 g/mol. The van der Waals surface area contributed by atoms with Crippen LogP contribution in [0.1, 0.15) is 0 Å². The molecule has 0 saturated carbocycles. The van der Waals surface area contributed by atoms with E-state index in [9.17, 15) is 8.42 Å². The zero-order valence-electron chi connectivity index (χ0n) is 11.6. The Balaban J connectivity index is 0.00000361. The molecule has 0 aliphatic heterocycles. The van der Waals surface area contributed by atoms with E-state index < -0.39 is 10.0 Å². The van der Waals surface area contributed by atoms with Crippen LogP contribution in [0.5, 0.6) is 0 Å². The number of ether oxygens (including phenoxy) is 1. The van der Waals surface area contributed by atoms with Gasteiger partial charge in [0.15, 0.2) is 0 Å². The largest absolute Gasteiger partial charge is 0.383 e. The first kappa shape index (κ1) is 19.7. The van der Waals surface area contributed by atoms with Gasteiger partial charge in [-0.15, -0.1) is 24.2 Å². The molecule has 0 fully saturated rings. The first-order valence-electron chi connectivity index (χ1n) is 5.93. The normalized spacial score (nSPS) is 11.1. The highest BCUT2D eigenvalue weighted by Crippen LogP contribution is 2.18. The molecule has 1 aromatic carbocycles. The minimum Gasteiger partial charge on any atom is -0.383 e. The molecule has 0 saturated heterocycles. The van der Waals surface area contributed by atoms with E-state index in [1.165, 1.54) is 11.8 Å². The highest BCUT2D eigenvalue weighted by atomic mass is 35.5. The van der Waals surface area contributed by atoms with Crippen molar-refractivity contribution in [3.05, 3.63) is 24.3 Å². The molecule has 5 nitrogen and oxygen atoms in total. The summed E-state index contributed by atoms with van der Waals surface area (Å²) in [4.78, 5) is 1.23. The quantitative estimate of drug-likeness (QED) is 0.524. The van der Waals surface area contributed by atoms with Crippen LogP contribution < -0.4 is 10.0 Å². The zero-order valence-corrected chi connectivity index (χ0v) is 14.0. The lowest BCUT2D eigenvalue weighted by molar-refractivity contribution is 0.199. The molecule has 0 aliphatic carbocycles. The van der Waals surface area contributed by atoms with E-state index in [2.05, 4.69) is 10.0 Å². The van der Waals surface area contributed by atoms with Gasteiger partial charge in [-0.1, -0.05) is 6.07 Å². The molecule has 20 heavy (non-hydrogen) atoms. The highest BCUT2D eigenvalue weighted by molar-refractivity contribution is 7.98. The fourth-order valence-corrected chi connectivity index (χ4v) is 3.04. The molecule has 0 radical (unpaired) electrons. The Bertz CT molecular complexity index is 483. The number of thioether (sulfide) groups is 1. The summed E-state index contributed by atoms with van der Waals surface area (Å²) in [6, 6.07) is 6.90. The van der Waals surface area contributed by atoms with Gasteiger partial charge in [0, 0.05) is 31.6 Å². The smallest absolute Gasteiger partial charge is 0.240 e. The fourth-order valence-electron chi connectivity index (χ4n) is 1.42. The lowest BCUT2D eigenvalue weighted by atomic mass is 10.4. The van der Waals surface area contributed by atoms with Crippen LogP contribution in [0, 0.1) is 0 Å². The number of rotatable bonds is 9. The summed E-state index contributed by atoms with van der Waals surface area (Å²) in [6.45, 7) is 2.25. The van der Waals surface area contributed by atoms with Gasteiger partial charge in [-0.05, 0) is 24.5 Å². The monoisotopic (exact) mass is 340 g/mol. The van der Waals surface area contributed by atoms with Crippen LogP contribution in [0.15, 0.2) is 34.1 Å². The third kappa shape index (κ3) is 6.92. The maximum absolute atomic E-state index is 12.0. The van der Waals surface area contributed by atoms with Crippen molar-refractivity contribution in [2.24, 2.45) is 0 Å². The van der Waals surface area contributed by atoms with E-state index in [0.29, 0.717) is 31.1 Å². The van der Waals surface area contributed by atoms with Gasteiger partial charge >= 0.3 is 0 Å². The van der Waals surface area contributed by atoms with Gasteiger partial charge in [0.05, 0.1) is 11.5 Å². The van der Waals surface area contributed by atoms with Crippen LogP contribution in [0.2, 0.25) is 0 Å². The molecule has 0 aromatic heterocycles. The van der Waals surface area contributed by atoms with Gasteiger partial charge in [0.1, 0.15) is 0 Å². The number of hydrogen-bond acceptors (Lipinski definition) is 5. The van der Waals surface area contributed by atoms with Crippen molar-refractivity contribution in [1.29, 1.82) is 0 Å². The highest BCUT2D eigenvalue weighted by Gasteiger charge is 2.13. The second-order valence-corrected chi connectivity index (χ2v) is 6.47. The fraction of sp³-hybridized carbons (Fsp3) is 0.500. The molecular formula is C12H21ClN2O3S2. The minimum absolute atomic E-state index is 0.